The first-order valence-corrected chi connectivity index (χ1v) is 15.7. The van der Waals surface area contributed by atoms with Crippen molar-refractivity contribution >= 4 is 34.6 Å². The Labute approximate surface area is 281 Å². The van der Waals surface area contributed by atoms with Crippen LogP contribution in [0, 0.1) is 0 Å². The third kappa shape index (κ3) is 7.87. The molecule has 1 aromatic heterocycles. The van der Waals surface area contributed by atoms with Crippen LogP contribution in [-0.2, 0) is 15.8 Å². The van der Waals surface area contributed by atoms with Crippen molar-refractivity contribution in [1.82, 2.24) is 14.9 Å². The molecular formula is C35H36F3N7O4. The van der Waals surface area contributed by atoms with Gasteiger partial charge in [0.05, 0.1) is 42.4 Å². The summed E-state index contributed by atoms with van der Waals surface area (Å²) in [6.45, 7) is 7.35. The number of anilines is 5. The van der Waals surface area contributed by atoms with Crippen LogP contribution in [0.15, 0.2) is 85.7 Å². The Morgan fingerprint density at radius 2 is 1.76 bits per heavy atom. The van der Waals surface area contributed by atoms with E-state index in [0.29, 0.717) is 47.5 Å². The number of likely N-dealkylation sites (N-methyl/N-ethyl adjacent to an activating group) is 1. The van der Waals surface area contributed by atoms with E-state index < -0.39 is 11.7 Å². The number of rotatable bonds is 10. The van der Waals surface area contributed by atoms with Crippen molar-refractivity contribution in [3.05, 3.63) is 96.8 Å². The summed E-state index contributed by atoms with van der Waals surface area (Å²) >= 11 is 0. The number of hydrogen-bond acceptors (Lipinski definition) is 10. The molecule has 4 aromatic rings. The maximum Gasteiger partial charge on any atom is 0.416 e. The number of aromatic nitrogens is 2. The van der Waals surface area contributed by atoms with Gasteiger partial charge in [0.1, 0.15) is 29.4 Å². The Bertz CT molecular complexity index is 1810. The summed E-state index contributed by atoms with van der Waals surface area (Å²) in [7, 11) is 3.65. The number of hydrogen-bond donors (Lipinski definition) is 2. The highest BCUT2D eigenvalue weighted by molar-refractivity contribution is 6.02. The fraction of sp³-hybridized carbons (Fsp3) is 0.286. The number of halogens is 3. The molecule has 6 rings (SSSR count). The number of carbonyl (C=O) groups is 1. The first kappa shape index (κ1) is 33.6. The molecular weight excluding hydrogens is 639 g/mol. The van der Waals surface area contributed by atoms with Gasteiger partial charge in [-0.1, -0.05) is 24.8 Å². The van der Waals surface area contributed by atoms with Crippen LogP contribution < -0.4 is 30.1 Å². The van der Waals surface area contributed by atoms with Crippen molar-refractivity contribution in [1.29, 1.82) is 0 Å². The van der Waals surface area contributed by atoms with Crippen LogP contribution in [0.3, 0.4) is 0 Å². The molecule has 1 atom stereocenters. The molecule has 0 aliphatic carbocycles. The minimum absolute atomic E-state index is 0.0808. The van der Waals surface area contributed by atoms with E-state index in [4.69, 9.17) is 14.3 Å². The molecule has 2 N–H and O–H groups in total. The Balaban J connectivity index is 1.23. The summed E-state index contributed by atoms with van der Waals surface area (Å²) in [6, 6.07) is 17.1. The van der Waals surface area contributed by atoms with Crippen molar-refractivity contribution in [2.45, 2.75) is 18.6 Å². The molecule has 0 spiro atoms. The molecule has 0 bridgehead atoms. The average molecular weight is 676 g/mol. The summed E-state index contributed by atoms with van der Waals surface area (Å²) < 4.78 is 51.2. The fourth-order valence-corrected chi connectivity index (χ4v) is 5.76. The second-order valence-electron chi connectivity index (χ2n) is 11.6. The van der Waals surface area contributed by atoms with E-state index in [-0.39, 0.29) is 17.7 Å². The molecule has 2 saturated heterocycles. The number of alkyl halides is 3. The number of methoxy groups -OCH3 is 1. The molecule has 0 unspecified atom stereocenters. The van der Waals surface area contributed by atoms with Gasteiger partial charge in [-0.2, -0.15) is 13.2 Å². The molecule has 49 heavy (non-hydrogen) atoms. The summed E-state index contributed by atoms with van der Waals surface area (Å²) in [5.41, 5.74) is 2.05. The van der Waals surface area contributed by atoms with Crippen LogP contribution in [0.2, 0.25) is 0 Å². The van der Waals surface area contributed by atoms with Crippen LogP contribution in [0.5, 0.6) is 17.2 Å². The van der Waals surface area contributed by atoms with Gasteiger partial charge in [0.15, 0.2) is 5.82 Å². The number of nitrogens with zero attached hydrogens (tertiary/aromatic N) is 5. The van der Waals surface area contributed by atoms with Crippen molar-refractivity contribution in [2.75, 3.05) is 67.5 Å². The summed E-state index contributed by atoms with van der Waals surface area (Å²) in [5.74, 6) is 1.62. The highest BCUT2D eigenvalue weighted by Crippen LogP contribution is 2.40. The van der Waals surface area contributed by atoms with E-state index in [0.717, 1.165) is 49.6 Å². The van der Waals surface area contributed by atoms with E-state index in [1.165, 1.54) is 24.5 Å². The summed E-state index contributed by atoms with van der Waals surface area (Å²) in [4.78, 5) is 31.7. The molecule has 2 aliphatic heterocycles. The first-order valence-electron chi connectivity index (χ1n) is 15.7. The number of piperazine rings is 1. The van der Waals surface area contributed by atoms with Gasteiger partial charge in [-0.05, 0) is 55.1 Å². The highest BCUT2D eigenvalue weighted by Gasteiger charge is 2.32. The van der Waals surface area contributed by atoms with Crippen LogP contribution in [0.4, 0.5) is 41.9 Å². The molecule has 2 aliphatic rings. The molecule has 3 heterocycles. The van der Waals surface area contributed by atoms with Gasteiger partial charge in [0.25, 0.3) is 0 Å². The fourth-order valence-electron chi connectivity index (χ4n) is 5.76. The molecule has 0 radical (unpaired) electrons. The minimum atomic E-state index is -4.48. The lowest BCUT2D eigenvalue weighted by molar-refractivity contribution is -0.137. The normalized spacial score (nSPS) is 16.7. The zero-order chi connectivity index (χ0) is 34.5. The lowest BCUT2D eigenvalue weighted by atomic mass is 10.0. The van der Waals surface area contributed by atoms with Gasteiger partial charge in [-0.15, -0.1) is 0 Å². The third-order valence-electron chi connectivity index (χ3n) is 8.29. The van der Waals surface area contributed by atoms with E-state index in [2.05, 4.69) is 44.0 Å². The van der Waals surface area contributed by atoms with Gasteiger partial charge in [-0.25, -0.2) is 15.0 Å². The van der Waals surface area contributed by atoms with Crippen molar-refractivity contribution in [3.63, 3.8) is 0 Å². The maximum atomic E-state index is 13.2. The summed E-state index contributed by atoms with van der Waals surface area (Å²) in [6.07, 6.45) is -1.21. The molecule has 0 saturated carbocycles. The number of benzene rings is 3. The first-order chi connectivity index (χ1) is 23.6. The maximum absolute atomic E-state index is 13.2. The average Bonchev–Trinajstić information content (AvgIpc) is 3.59. The highest BCUT2D eigenvalue weighted by atomic mass is 19.4. The lowest BCUT2D eigenvalue weighted by Crippen LogP contribution is -2.44. The molecule has 256 valence electrons. The minimum Gasteiger partial charge on any atom is -0.494 e. The largest absolute Gasteiger partial charge is 0.494 e. The quantitative estimate of drug-likeness (QED) is 0.175. The number of hydroxylamine groups is 1. The lowest BCUT2D eigenvalue weighted by Gasteiger charge is -2.35. The molecule has 1 amide bonds. The van der Waals surface area contributed by atoms with E-state index in [9.17, 15) is 18.0 Å². The van der Waals surface area contributed by atoms with Crippen LogP contribution in [0.25, 0.3) is 0 Å². The number of carbonyl (C=O) groups excluding carboxylic acids is 1. The molecule has 3 aromatic carbocycles. The zero-order valence-electron chi connectivity index (χ0n) is 27.0. The number of nitrogens with one attached hydrogen (secondary N) is 2. The molecule has 2 fully saturated rings. The number of ether oxygens (including phenoxy) is 2. The predicted octanol–water partition coefficient (Wildman–Crippen LogP) is 6.80. The monoisotopic (exact) mass is 675 g/mol. The van der Waals surface area contributed by atoms with E-state index >= 15 is 0 Å². The van der Waals surface area contributed by atoms with Gasteiger partial charge in [0, 0.05) is 44.7 Å². The Morgan fingerprint density at radius 3 is 2.49 bits per heavy atom. The van der Waals surface area contributed by atoms with Crippen molar-refractivity contribution in [2.24, 2.45) is 0 Å². The zero-order valence-corrected chi connectivity index (χ0v) is 27.0. The molecule has 11 nitrogen and oxygen atoms in total. The Morgan fingerprint density at radius 1 is 1.00 bits per heavy atom. The number of amides is 1. The third-order valence-corrected chi connectivity index (χ3v) is 8.29. The SMILES string of the molecule is C=CC(=O)Nc1cc(Nc2cc(N3OCC[C@@H]3c3cccc(Oc4cccc(C(F)(F)F)c4)c3)ncn2)c(OC)cc1N1CCN(C)CC1. The second-order valence-corrected chi connectivity index (χ2v) is 11.6. The van der Waals surface area contributed by atoms with Gasteiger partial charge in [-0.3, -0.25) is 9.63 Å². The van der Waals surface area contributed by atoms with Gasteiger partial charge in [0.2, 0.25) is 5.91 Å². The predicted molar refractivity (Wildman–Crippen MR) is 181 cm³/mol. The molecule has 14 heteroatoms. The standard InChI is InChI=1S/C35H36F3N7O4/c1-4-34(46)42-27-19-28(31(47-3)20-30(27)44-14-12-43(2)13-15-44)41-32-21-33(40-22-39-32)45-29(11-16-48-45)23-7-5-9-25(17-23)49-26-10-6-8-24(18-26)35(36,37)38/h4-10,17-22,29H,1,11-16H2,2-3H3,(H,42,46)(H,39,40,41)/t29-/m1/s1. The van der Waals surface area contributed by atoms with Crippen LogP contribution in [0.1, 0.15) is 23.6 Å². The van der Waals surface area contributed by atoms with Crippen molar-refractivity contribution in [3.8, 4) is 17.2 Å². The van der Waals surface area contributed by atoms with E-state index in [1.807, 2.05) is 12.1 Å². The van der Waals surface area contributed by atoms with Crippen molar-refractivity contribution < 1.29 is 32.3 Å². The Kier molecular flexibility index (Phi) is 9.87. The van der Waals surface area contributed by atoms with Gasteiger partial charge < -0.3 is 29.9 Å². The smallest absolute Gasteiger partial charge is 0.416 e. The van der Waals surface area contributed by atoms with E-state index in [1.54, 1.807) is 42.5 Å². The Hall–Kier alpha value is -5.34. The summed E-state index contributed by atoms with van der Waals surface area (Å²) in [5, 5.41) is 7.91. The second kappa shape index (κ2) is 14.4. The van der Waals surface area contributed by atoms with Crippen LogP contribution in [-0.4, -0.2) is 67.7 Å². The topological polar surface area (TPSA) is 104 Å². The van der Waals surface area contributed by atoms with Gasteiger partial charge >= 0.3 is 6.18 Å². The van der Waals surface area contributed by atoms with Crippen LogP contribution >= 0.6 is 0 Å².